The van der Waals surface area contributed by atoms with E-state index in [-0.39, 0.29) is 23.8 Å². The molecule has 0 bridgehead atoms. The molecule has 27 heavy (non-hydrogen) atoms. The lowest BCUT2D eigenvalue weighted by Crippen LogP contribution is -2.40. The van der Waals surface area contributed by atoms with Crippen LogP contribution in [0.2, 0.25) is 0 Å². The Hall–Kier alpha value is -3.02. The van der Waals surface area contributed by atoms with Crippen LogP contribution in [0.3, 0.4) is 0 Å². The molecular weight excluding hydrogens is 344 g/mol. The van der Waals surface area contributed by atoms with Crippen LogP contribution < -0.4 is 20.1 Å². The summed E-state index contributed by atoms with van der Waals surface area (Å²) in [5, 5.41) is 5.81. The van der Waals surface area contributed by atoms with Gasteiger partial charge in [0.15, 0.2) is 0 Å². The maximum absolute atomic E-state index is 12.6. The molecule has 6 nitrogen and oxygen atoms in total. The summed E-state index contributed by atoms with van der Waals surface area (Å²) >= 11 is 0. The lowest BCUT2D eigenvalue weighted by atomic mass is 9.95. The van der Waals surface area contributed by atoms with Crippen molar-refractivity contribution in [1.82, 2.24) is 5.32 Å². The highest BCUT2D eigenvalue weighted by Crippen LogP contribution is 2.30. The van der Waals surface area contributed by atoms with Crippen molar-refractivity contribution in [3.05, 3.63) is 53.6 Å². The Balaban J connectivity index is 1.74. The Morgan fingerprint density at radius 1 is 1.19 bits per heavy atom. The molecule has 0 radical (unpaired) electrons. The number of benzene rings is 2. The van der Waals surface area contributed by atoms with E-state index in [4.69, 9.17) is 9.47 Å². The minimum atomic E-state index is -0.252. The lowest BCUT2D eigenvalue weighted by Gasteiger charge is -2.26. The van der Waals surface area contributed by atoms with Gasteiger partial charge in [-0.1, -0.05) is 12.1 Å². The highest BCUT2D eigenvalue weighted by Gasteiger charge is 2.26. The number of hydrogen-bond acceptors (Lipinski definition) is 4. The number of amides is 2. The van der Waals surface area contributed by atoms with Crippen molar-refractivity contribution in [2.45, 2.75) is 26.3 Å². The number of para-hydroxylation sites is 1. The van der Waals surface area contributed by atoms with E-state index in [9.17, 15) is 9.59 Å². The number of rotatable bonds is 5. The van der Waals surface area contributed by atoms with Crippen molar-refractivity contribution in [3.63, 3.8) is 0 Å². The summed E-state index contributed by atoms with van der Waals surface area (Å²) < 4.78 is 11.0. The third-order valence-corrected chi connectivity index (χ3v) is 4.38. The molecule has 3 rings (SSSR count). The molecule has 0 spiro atoms. The van der Waals surface area contributed by atoms with Gasteiger partial charge in [-0.2, -0.15) is 0 Å². The van der Waals surface area contributed by atoms with Gasteiger partial charge in [-0.25, -0.2) is 0 Å². The molecule has 1 aliphatic heterocycles. The first-order chi connectivity index (χ1) is 13.0. The van der Waals surface area contributed by atoms with E-state index < -0.39 is 0 Å². The van der Waals surface area contributed by atoms with Crippen molar-refractivity contribution >= 4 is 17.5 Å². The molecule has 2 N–H and O–H groups in total. The molecule has 0 aliphatic carbocycles. The van der Waals surface area contributed by atoms with Crippen LogP contribution in [-0.4, -0.2) is 31.6 Å². The molecule has 0 unspecified atom stereocenters. The predicted octanol–water partition coefficient (Wildman–Crippen LogP) is 3.02. The van der Waals surface area contributed by atoms with Gasteiger partial charge in [-0.3, -0.25) is 9.59 Å². The van der Waals surface area contributed by atoms with Crippen LogP contribution in [0.15, 0.2) is 42.5 Å². The Morgan fingerprint density at radius 3 is 2.70 bits per heavy atom. The SMILES string of the molecule is COc1ccccc1C(=O)Nc1ccc2c(c1)C[C@H](C(=O)NC(C)C)CO2. The molecule has 1 heterocycles. The fraction of sp³-hybridized carbons (Fsp3) is 0.333. The van der Waals surface area contributed by atoms with Crippen LogP contribution in [0, 0.1) is 5.92 Å². The summed E-state index contributed by atoms with van der Waals surface area (Å²) in [6, 6.07) is 12.6. The van der Waals surface area contributed by atoms with E-state index in [1.165, 1.54) is 7.11 Å². The Labute approximate surface area is 158 Å². The highest BCUT2D eigenvalue weighted by atomic mass is 16.5. The van der Waals surface area contributed by atoms with Crippen molar-refractivity contribution in [3.8, 4) is 11.5 Å². The topological polar surface area (TPSA) is 76.7 Å². The van der Waals surface area contributed by atoms with Crippen molar-refractivity contribution in [2.24, 2.45) is 5.92 Å². The Bertz CT molecular complexity index is 848. The van der Waals surface area contributed by atoms with Crippen molar-refractivity contribution in [2.75, 3.05) is 19.0 Å². The smallest absolute Gasteiger partial charge is 0.259 e. The fourth-order valence-corrected chi connectivity index (χ4v) is 3.07. The average Bonchev–Trinajstić information content (AvgIpc) is 2.66. The molecule has 2 amide bonds. The normalized spacial score (nSPS) is 15.5. The first-order valence-electron chi connectivity index (χ1n) is 8.98. The van der Waals surface area contributed by atoms with Gasteiger partial charge in [0.1, 0.15) is 18.1 Å². The number of anilines is 1. The average molecular weight is 368 g/mol. The quantitative estimate of drug-likeness (QED) is 0.851. The second-order valence-corrected chi connectivity index (χ2v) is 6.85. The molecule has 0 aromatic heterocycles. The van der Waals surface area contributed by atoms with Crippen molar-refractivity contribution < 1.29 is 19.1 Å². The molecule has 2 aromatic carbocycles. The summed E-state index contributed by atoms with van der Waals surface area (Å²) in [4.78, 5) is 24.8. The van der Waals surface area contributed by atoms with E-state index in [1.807, 2.05) is 32.0 Å². The summed E-state index contributed by atoms with van der Waals surface area (Å²) in [7, 11) is 1.53. The number of carbonyl (C=O) groups excluding carboxylic acids is 2. The molecule has 0 saturated heterocycles. The molecule has 1 aliphatic rings. The Morgan fingerprint density at radius 2 is 1.96 bits per heavy atom. The van der Waals surface area contributed by atoms with Gasteiger partial charge >= 0.3 is 0 Å². The van der Waals surface area contributed by atoms with E-state index >= 15 is 0 Å². The maximum atomic E-state index is 12.6. The number of carbonyl (C=O) groups is 2. The summed E-state index contributed by atoms with van der Waals surface area (Å²) in [6.45, 7) is 4.22. The Kier molecular flexibility index (Phi) is 5.64. The number of hydrogen-bond donors (Lipinski definition) is 2. The van der Waals surface area contributed by atoms with Crippen LogP contribution in [0.4, 0.5) is 5.69 Å². The molecule has 0 fully saturated rings. The summed E-state index contributed by atoms with van der Waals surface area (Å²) in [5.41, 5.74) is 2.02. The van der Waals surface area contributed by atoms with E-state index in [1.54, 1.807) is 24.3 Å². The monoisotopic (exact) mass is 368 g/mol. The zero-order chi connectivity index (χ0) is 19.4. The van der Waals surface area contributed by atoms with Crippen LogP contribution in [0.25, 0.3) is 0 Å². The van der Waals surface area contributed by atoms with Crippen LogP contribution >= 0.6 is 0 Å². The second kappa shape index (κ2) is 8.12. The van der Waals surface area contributed by atoms with Gasteiger partial charge in [-0.05, 0) is 56.2 Å². The second-order valence-electron chi connectivity index (χ2n) is 6.85. The number of ether oxygens (including phenoxy) is 2. The molecule has 142 valence electrons. The van der Waals surface area contributed by atoms with Gasteiger partial charge in [0.2, 0.25) is 5.91 Å². The third kappa shape index (κ3) is 4.39. The predicted molar refractivity (Wildman–Crippen MR) is 103 cm³/mol. The van der Waals surface area contributed by atoms with Crippen LogP contribution in [0.5, 0.6) is 11.5 Å². The first kappa shape index (κ1) is 18.8. The standard InChI is InChI=1S/C21H24N2O4/c1-13(2)22-20(24)15-10-14-11-16(8-9-18(14)27-12-15)23-21(25)17-6-4-5-7-19(17)26-3/h4-9,11,13,15H,10,12H2,1-3H3,(H,22,24)(H,23,25)/t15-/m0/s1. The van der Waals surface area contributed by atoms with Gasteiger partial charge in [0, 0.05) is 11.7 Å². The van der Waals surface area contributed by atoms with Crippen molar-refractivity contribution in [1.29, 1.82) is 0 Å². The fourth-order valence-electron chi connectivity index (χ4n) is 3.07. The van der Waals surface area contributed by atoms with E-state index in [0.29, 0.717) is 30.0 Å². The van der Waals surface area contributed by atoms with Gasteiger partial charge in [0.25, 0.3) is 5.91 Å². The molecule has 1 atom stereocenters. The molecule has 6 heteroatoms. The highest BCUT2D eigenvalue weighted by molar-refractivity contribution is 6.06. The van der Waals surface area contributed by atoms with Gasteiger partial charge in [-0.15, -0.1) is 0 Å². The zero-order valence-electron chi connectivity index (χ0n) is 15.7. The first-order valence-corrected chi connectivity index (χ1v) is 8.98. The minimum absolute atomic E-state index is 0.0147. The van der Waals surface area contributed by atoms with Gasteiger partial charge in [0.05, 0.1) is 18.6 Å². The summed E-state index contributed by atoms with van der Waals surface area (Å²) in [6.07, 6.45) is 0.576. The third-order valence-electron chi connectivity index (χ3n) is 4.38. The summed E-state index contributed by atoms with van der Waals surface area (Å²) in [5.74, 6) is 0.762. The number of methoxy groups -OCH3 is 1. The minimum Gasteiger partial charge on any atom is -0.496 e. The zero-order valence-corrected chi connectivity index (χ0v) is 15.7. The largest absolute Gasteiger partial charge is 0.496 e. The van der Waals surface area contributed by atoms with Crippen LogP contribution in [-0.2, 0) is 11.2 Å². The maximum Gasteiger partial charge on any atom is 0.259 e. The van der Waals surface area contributed by atoms with E-state index in [0.717, 1.165) is 11.3 Å². The number of nitrogens with one attached hydrogen (secondary N) is 2. The number of fused-ring (bicyclic) bond motifs is 1. The molecule has 0 saturated carbocycles. The van der Waals surface area contributed by atoms with Crippen LogP contribution in [0.1, 0.15) is 29.8 Å². The lowest BCUT2D eigenvalue weighted by molar-refractivity contribution is -0.126. The van der Waals surface area contributed by atoms with E-state index in [2.05, 4.69) is 10.6 Å². The molecule has 2 aromatic rings. The van der Waals surface area contributed by atoms with Gasteiger partial charge < -0.3 is 20.1 Å². The molecular formula is C21H24N2O4.